The lowest BCUT2D eigenvalue weighted by atomic mass is 9.98. The first-order valence-corrected chi connectivity index (χ1v) is 7.47. The molecule has 1 aromatic rings. The zero-order valence-electron chi connectivity index (χ0n) is 12.8. The Morgan fingerprint density at radius 3 is 2.90 bits per heavy atom. The standard InChI is InChI=1S/C16H24N2O3/c1-3-21-14-12(6-4-7-13(14)17)15(19)18-10-5-8-16(2,20)9-11-18/h4,6-7,20H,3,5,8-11,17H2,1-2H3. The number of likely N-dealkylation sites (tertiary alicyclic amines) is 1. The number of aliphatic hydroxyl groups is 1. The predicted octanol–water partition coefficient (Wildman–Crippen LogP) is 2.04. The van der Waals surface area contributed by atoms with Gasteiger partial charge in [0.15, 0.2) is 5.75 Å². The summed E-state index contributed by atoms with van der Waals surface area (Å²) in [5.41, 5.74) is 6.20. The molecule has 2 rings (SSSR count). The van der Waals surface area contributed by atoms with E-state index >= 15 is 0 Å². The summed E-state index contributed by atoms with van der Waals surface area (Å²) in [5.74, 6) is 0.379. The molecular weight excluding hydrogens is 268 g/mol. The Morgan fingerprint density at radius 1 is 1.43 bits per heavy atom. The van der Waals surface area contributed by atoms with Gasteiger partial charge in [0.25, 0.3) is 5.91 Å². The topological polar surface area (TPSA) is 75.8 Å². The van der Waals surface area contributed by atoms with Crippen LogP contribution in [0.1, 0.15) is 43.5 Å². The minimum absolute atomic E-state index is 0.0801. The number of amides is 1. The van der Waals surface area contributed by atoms with Gasteiger partial charge in [-0.1, -0.05) is 6.07 Å². The van der Waals surface area contributed by atoms with E-state index in [1.165, 1.54) is 0 Å². The highest BCUT2D eigenvalue weighted by molar-refractivity contribution is 5.98. The SMILES string of the molecule is CCOc1c(N)cccc1C(=O)N1CCCC(C)(O)CC1. The third-order valence-corrected chi connectivity index (χ3v) is 3.92. The zero-order chi connectivity index (χ0) is 15.5. The fraction of sp³-hybridized carbons (Fsp3) is 0.562. The van der Waals surface area contributed by atoms with Crippen LogP contribution in [-0.2, 0) is 0 Å². The number of nitrogen functional groups attached to an aromatic ring is 1. The molecule has 0 radical (unpaired) electrons. The van der Waals surface area contributed by atoms with E-state index in [4.69, 9.17) is 10.5 Å². The van der Waals surface area contributed by atoms with Crippen LogP contribution in [0.5, 0.6) is 5.75 Å². The maximum absolute atomic E-state index is 12.7. The van der Waals surface area contributed by atoms with Crippen molar-refractivity contribution in [1.82, 2.24) is 4.90 Å². The molecule has 1 saturated heterocycles. The molecular formula is C16H24N2O3. The maximum Gasteiger partial charge on any atom is 0.257 e. The average Bonchev–Trinajstić information content (AvgIpc) is 2.61. The van der Waals surface area contributed by atoms with Gasteiger partial charge in [-0.3, -0.25) is 4.79 Å². The van der Waals surface area contributed by atoms with Gasteiger partial charge < -0.3 is 20.5 Å². The van der Waals surface area contributed by atoms with E-state index in [-0.39, 0.29) is 5.91 Å². The zero-order valence-corrected chi connectivity index (χ0v) is 12.8. The van der Waals surface area contributed by atoms with E-state index in [0.717, 1.165) is 6.42 Å². The van der Waals surface area contributed by atoms with Crippen LogP contribution in [0.4, 0.5) is 5.69 Å². The third-order valence-electron chi connectivity index (χ3n) is 3.92. The van der Waals surface area contributed by atoms with E-state index in [0.29, 0.717) is 49.5 Å². The third kappa shape index (κ3) is 3.67. The first-order chi connectivity index (χ1) is 9.94. The summed E-state index contributed by atoms with van der Waals surface area (Å²) in [7, 11) is 0. The van der Waals surface area contributed by atoms with Crippen LogP contribution in [0.3, 0.4) is 0 Å². The summed E-state index contributed by atoms with van der Waals surface area (Å²) in [5, 5.41) is 10.1. The fourth-order valence-electron chi connectivity index (χ4n) is 2.67. The van der Waals surface area contributed by atoms with Crippen LogP contribution >= 0.6 is 0 Å². The number of carbonyl (C=O) groups excluding carboxylic acids is 1. The number of benzene rings is 1. The van der Waals surface area contributed by atoms with Gasteiger partial charge in [-0.2, -0.15) is 0 Å². The summed E-state index contributed by atoms with van der Waals surface area (Å²) in [6, 6.07) is 5.24. The number of hydrogen-bond donors (Lipinski definition) is 2. The van der Waals surface area contributed by atoms with Crippen molar-refractivity contribution in [3.05, 3.63) is 23.8 Å². The molecule has 5 nitrogen and oxygen atoms in total. The number of nitrogens with zero attached hydrogens (tertiary/aromatic N) is 1. The Bertz CT molecular complexity index is 514. The molecule has 3 N–H and O–H groups in total. The normalized spacial score (nSPS) is 22.7. The molecule has 1 heterocycles. The number of nitrogens with two attached hydrogens (primary N) is 1. The molecule has 21 heavy (non-hydrogen) atoms. The molecule has 5 heteroatoms. The molecule has 0 saturated carbocycles. The van der Waals surface area contributed by atoms with E-state index in [9.17, 15) is 9.90 Å². The van der Waals surface area contributed by atoms with Crippen molar-refractivity contribution < 1.29 is 14.6 Å². The number of para-hydroxylation sites is 1. The lowest BCUT2D eigenvalue weighted by molar-refractivity contribution is 0.0437. The highest BCUT2D eigenvalue weighted by Crippen LogP contribution is 2.29. The molecule has 0 aromatic heterocycles. The summed E-state index contributed by atoms with van der Waals surface area (Å²) in [6.45, 7) is 5.35. The van der Waals surface area contributed by atoms with Gasteiger partial charge in [-0.25, -0.2) is 0 Å². The molecule has 0 bridgehead atoms. The summed E-state index contributed by atoms with van der Waals surface area (Å²) < 4.78 is 5.53. The van der Waals surface area contributed by atoms with Crippen LogP contribution < -0.4 is 10.5 Å². The van der Waals surface area contributed by atoms with Gasteiger partial charge >= 0.3 is 0 Å². The lowest BCUT2D eigenvalue weighted by Crippen LogP contribution is -2.33. The summed E-state index contributed by atoms with van der Waals surface area (Å²) in [4.78, 5) is 14.5. The maximum atomic E-state index is 12.7. The minimum Gasteiger partial charge on any atom is -0.491 e. The number of anilines is 1. The molecule has 1 aromatic carbocycles. The van der Waals surface area contributed by atoms with Crippen molar-refractivity contribution in [2.24, 2.45) is 0 Å². The molecule has 1 unspecified atom stereocenters. The van der Waals surface area contributed by atoms with E-state index < -0.39 is 5.60 Å². The van der Waals surface area contributed by atoms with Crippen molar-refractivity contribution in [3.8, 4) is 5.75 Å². The Morgan fingerprint density at radius 2 is 2.19 bits per heavy atom. The van der Waals surface area contributed by atoms with Crippen LogP contribution in [0, 0.1) is 0 Å². The van der Waals surface area contributed by atoms with Crippen molar-refractivity contribution in [3.63, 3.8) is 0 Å². The van der Waals surface area contributed by atoms with Gasteiger partial charge in [-0.15, -0.1) is 0 Å². The molecule has 0 aliphatic carbocycles. The predicted molar refractivity (Wildman–Crippen MR) is 82.4 cm³/mol. The molecule has 1 fully saturated rings. The summed E-state index contributed by atoms with van der Waals surface area (Å²) in [6.07, 6.45) is 2.10. The van der Waals surface area contributed by atoms with Gasteiger partial charge in [-0.05, 0) is 45.2 Å². The van der Waals surface area contributed by atoms with Crippen molar-refractivity contribution in [2.45, 2.75) is 38.7 Å². The van der Waals surface area contributed by atoms with E-state index in [1.54, 1.807) is 23.1 Å². The largest absolute Gasteiger partial charge is 0.491 e. The highest BCUT2D eigenvalue weighted by Gasteiger charge is 2.28. The van der Waals surface area contributed by atoms with Crippen LogP contribution in [0.25, 0.3) is 0 Å². The number of ether oxygens (including phenoxy) is 1. The quantitative estimate of drug-likeness (QED) is 0.836. The van der Waals surface area contributed by atoms with Crippen LogP contribution in [0.15, 0.2) is 18.2 Å². The first kappa shape index (κ1) is 15.6. The average molecular weight is 292 g/mol. The van der Waals surface area contributed by atoms with Crippen molar-refractivity contribution in [2.75, 3.05) is 25.4 Å². The van der Waals surface area contributed by atoms with Crippen molar-refractivity contribution >= 4 is 11.6 Å². The van der Waals surface area contributed by atoms with Gasteiger partial charge in [0, 0.05) is 13.1 Å². The smallest absolute Gasteiger partial charge is 0.257 e. The molecule has 1 aliphatic rings. The van der Waals surface area contributed by atoms with Crippen LogP contribution in [0.2, 0.25) is 0 Å². The second-order valence-electron chi connectivity index (χ2n) is 5.80. The van der Waals surface area contributed by atoms with Crippen LogP contribution in [-0.4, -0.2) is 41.2 Å². The first-order valence-electron chi connectivity index (χ1n) is 7.47. The highest BCUT2D eigenvalue weighted by atomic mass is 16.5. The number of hydrogen-bond acceptors (Lipinski definition) is 4. The molecule has 116 valence electrons. The number of carbonyl (C=O) groups is 1. The Hall–Kier alpha value is -1.75. The lowest BCUT2D eigenvalue weighted by Gasteiger charge is -2.23. The second kappa shape index (κ2) is 6.35. The van der Waals surface area contributed by atoms with Crippen molar-refractivity contribution in [1.29, 1.82) is 0 Å². The second-order valence-corrected chi connectivity index (χ2v) is 5.80. The molecule has 0 spiro atoms. The monoisotopic (exact) mass is 292 g/mol. The fourth-order valence-corrected chi connectivity index (χ4v) is 2.67. The van der Waals surface area contributed by atoms with Gasteiger partial charge in [0.05, 0.1) is 23.5 Å². The molecule has 1 aliphatic heterocycles. The molecule has 1 amide bonds. The van der Waals surface area contributed by atoms with E-state index in [1.807, 2.05) is 13.8 Å². The van der Waals surface area contributed by atoms with E-state index in [2.05, 4.69) is 0 Å². The number of rotatable bonds is 3. The Labute approximate surface area is 125 Å². The summed E-state index contributed by atoms with van der Waals surface area (Å²) >= 11 is 0. The minimum atomic E-state index is -0.687. The Balaban J connectivity index is 2.22. The Kier molecular flexibility index (Phi) is 4.73. The molecule has 1 atom stereocenters. The van der Waals surface area contributed by atoms with Gasteiger partial charge in [0.1, 0.15) is 0 Å². The van der Waals surface area contributed by atoms with Gasteiger partial charge in [0.2, 0.25) is 0 Å².